The SMILES string of the molecule is CNc1cc(F)c(Oc2ccnc3cc(OCC(C)O)c(OC)cc23)c(F)c1. The van der Waals surface area contributed by atoms with Crippen molar-refractivity contribution in [2.75, 3.05) is 26.1 Å². The first-order valence-electron chi connectivity index (χ1n) is 8.55. The molecule has 2 N–H and O–H groups in total. The number of benzene rings is 2. The highest BCUT2D eigenvalue weighted by molar-refractivity contribution is 5.88. The number of aromatic nitrogens is 1. The number of methoxy groups -OCH3 is 1. The summed E-state index contributed by atoms with van der Waals surface area (Å²) in [7, 11) is 3.03. The fraction of sp³-hybridized carbons (Fsp3) is 0.250. The molecule has 0 amide bonds. The van der Waals surface area contributed by atoms with Crippen molar-refractivity contribution >= 4 is 16.6 Å². The molecule has 28 heavy (non-hydrogen) atoms. The second kappa shape index (κ2) is 8.26. The summed E-state index contributed by atoms with van der Waals surface area (Å²) in [5.41, 5.74) is 0.773. The molecule has 6 nitrogen and oxygen atoms in total. The average Bonchev–Trinajstić information content (AvgIpc) is 2.68. The number of aliphatic hydroxyl groups excluding tert-OH is 1. The van der Waals surface area contributed by atoms with Gasteiger partial charge in [0.1, 0.15) is 12.4 Å². The minimum absolute atomic E-state index is 0.0757. The summed E-state index contributed by atoms with van der Waals surface area (Å²) in [5, 5.41) is 12.6. The van der Waals surface area contributed by atoms with Gasteiger partial charge < -0.3 is 24.6 Å². The van der Waals surface area contributed by atoms with E-state index in [-0.39, 0.29) is 12.4 Å². The first kappa shape index (κ1) is 19.6. The molecule has 0 aliphatic rings. The third-order valence-corrected chi connectivity index (χ3v) is 3.97. The van der Waals surface area contributed by atoms with Crippen molar-refractivity contribution in [1.29, 1.82) is 0 Å². The molecule has 0 aliphatic heterocycles. The van der Waals surface area contributed by atoms with Gasteiger partial charge in [-0.3, -0.25) is 4.98 Å². The Labute approximate surface area is 160 Å². The van der Waals surface area contributed by atoms with Crippen LogP contribution in [-0.4, -0.2) is 37.0 Å². The lowest BCUT2D eigenvalue weighted by Gasteiger charge is -2.15. The minimum atomic E-state index is -0.835. The molecule has 0 bridgehead atoms. The lowest BCUT2D eigenvalue weighted by Crippen LogP contribution is -2.13. The van der Waals surface area contributed by atoms with E-state index in [1.807, 2.05) is 0 Å². The number of pyridine rings is 1. The summed E-state index contributed by atoms with van der Waals surface area (Å²) in [4.78, 5) is 4.24. The van der Waals surface area contributed by atoms with Gasteiger partial charge in [0.25, 0.3) is 0 Å². The molecule has 1 unspecified atom stereocenters. The number of hydrogen-bond acceptors (Lipinski definition) is 6. The molecule has 0 radical (unpaired) electrons. The number of nitrogens with zero attached hydrogens (tertiary/aromatic N) is 1. The van der Waals surface area contributed by atoms with Gasteiger partial charge in [0.2, 0.25) is 0 Å². The lowest BCUT2D eigenvalue weighted by molar-refractivity contribution is 0.121. The van der Waals surface area contributed by atoms with Crippen molar-refractivity contribution in [3.63, 3.8) is 0 Å². The highest BCUT2D eigenvalue weighted by atomic mass is 19.1. The number of halogens is 2. The third kappa shape index (κ3) is 4.07. The predicted octanol–water partition coefficient (Wildman–Crippen LogP) is 4.12. The van der Waals surface area contributed by atoms with E-state index in [1.54, 1.807) is 26.1 Å². The zero-order valence-electron chi connectivity index (χ0n) is 15.6. The van der Waals surface area contributed by atoms with E-state index < -0.39 is 23.5 Å². The molecule has 1 aromatic heterocycles. The van der Waals surface area contributed by atoms with Crippen LogP contribution in [0.1, 0.15) is 6.92 Å². The van der Waals surface area contributed by atoms with Gasteiger partial charge in [0.15, 0.2) is 28.9 Å². The first-order chi connectivity index (χ1) is 13.4. The van der Waals surface area contributed by atoms with E-state index in [9.17, 15) is 13.9 Å². The zero-order chi connectivity index (χ0) is 20.3. The molecule has 8 heteroatoms. The van der Waals surface area contributed by atoms with Crippen LogP contribution < -0.4 is 19.5 Å². The summed E-state index contributed by atoms with van der Waals surface area (Å²) in [5.74, 6) is -1.22. The molecular weight excluding hydrogens is 370 g/mol. The van der Waals surface area contributed by atoms with Crippen molar-refractivity contribution in [2.24, 2.45) is 0 Å². The Bertz CT molecular complexity index is 972. The van der Waals surface area contributed by atoms with Crippen molar-refractivity contribution in [3.8, 4) is 23.0 Å². The molecule has 1 heterocycles. The number of nitrogens with one attached hydrogen (secondary N) is 1. The van der Waals surface area contributed by atoms with Gasteiger partial charge in [-0.05, 0) is 19.1 Å². The van der Waals surface area contributed by atoms with E-state index in [2.05, 4.69) is 10.3 Å². The zero-order valence-corrected chi connectivity index (χ0v) is 15.6. The predicted molar refractivity (Wildman–Crippen MR) is 101 cm³/mol. The first-order valence-corrected chi connectivity index (χ1v) is 8.55. The largest absolute Gasteiger partial charge is 0.493 e. The molecular formula is C20H20F2N2O4. The minimum Gasteiger partial charge on any atom is -0.493 e. The average molecular weight is 390 g/mol. The number of aliphatic hydroxyl groups is 1. The number of hydrogen-bond donors (Lipinski definition) is 2. The van der Waals surface area contributed by atoms with Crippen LogP contribution in [0, 0.1) is 11.6 Å². The summed E-state index contributed by atoms with van der Waals surface area (Å²) >= 11 is 0. The summed E-state index contributed by atoms with van der Waals surface area (Å²) in [6.45, 7) is 1.67. The Hall–Kier alpha value is -3.13. The highest BCUT2D eigenvalue weighted by Crippen LogP contribution is 2.38. The van der Waals surface area contributed by atoms with Gasteiger partial charge >= 0.3 is 0 Å². The smallest absolute Gasteiger partial charge is 0.198 e. The molecule has 3 rings (SSSR count). The number of anilines is 1. The normalized spacial score (nSPS) is 11.9. The Balaban J connectivity index is 2.03. The van der Waals surface area contributed by atoms with Gasteiger partial charge in [-0.15, -0.1) is 0 Å². The van der Waals surface area contributed by atoms with E-state index in [4.69, 9.17) is 14.2 Å². The fourth-order valence-corrected chi connectivity index (χ4v) is 2.61. The van der Waals surface area contributed by atoms with E-state index in [0.29, 0.717) is 28.1 Å². The Morgan fingerprint density at radius 2 is 1.82 bits per heavy atom. The molecule has 1 atom stereocenters. The number of fused-ring (bicyclic) bond motifs is 1. The summed E-state index contributed by atoms with van der Waals surface area (Å²) in [6, 6.07) is 7.00. The molecule has 0 spiro atoms. The van der Waals surface area contributed by atoms with Gasteiger partial charge in [0.05, 0.1) is 18.7 Å². The van der Waals surface area contributed by atoms with Crippen molar-refractivity contribution in [2.45, 2.75) is 13.0 Å². The topological polar surface area (TPSA) is 72.8 Å². The van der Waals surface area contributed by atoms with E-state index in [1.165, 1.54) is 19.4 Å². The number of ether oxygens (including phenoxy) is 3. The Kier molecular flexibility index (Phi) is 5.79. The summed E-state index contributed by atoms with van der Waals surface area (Å²) < 4.78 is 45.0. The van der Waals surface area contributed by atoms with Crippen LogP contribution in [0.25, 0.3) is 10.9 Å². The lowest BCUT2D eigenvalue weighted by atomic mass is 10.1. The van der Waals surface area contributed by atoms with Gasteiger partial charge in [-0.2, -0.15) is 0 Å². The molecule has 0 fully saturated rings. The van der Waals surface area contributed by atoms with Gasteiger partial charge in [0, 0.05) is 42.5 Å². The van der Waals surface area contributed by atoms with Crippen LogP contribution in [-0.2, 0) is 0 Å². The van der Waals surface area contributed by atoms with E-state index >= 15 is 0 Å². The maximum atomic E-state index is 14.3. The third-order valence-electron chi connectivity index (χ3n) is 3.97. The van der Waals surface area contributed by atoms with Crippen LogP contribution in [0.5, 0.6) is 23.0 Å². The molecule has 0 saturated heterocycles. The van der Waals surface area contributed by atoms with Crippen LogP contribution in [0.3, 0.4) is 0 Å². The fourth-order valence-electron chi connectivity index (χ4n) is 2.61. The Morgan fingerprint density at radius 1 is 1.11 bits per heavy atom. The molecule has 148 valence electrons. The van der Waals surface area contributed by atoms with Crippen LogP contribution in [0.15, 0.2) is 36.5 Å². The van der Waals surface area contributed by atoms with Crippen LogP contribution in [0.4, 0.5) is 14.5 Å². The van der Waals surface area contributed by atoms with Gasteiger partial charge in [-0.1, -0.05) is 0 Å². The standard InChI is InChI=1S/C20H20F2N2O4/c1-11(25)10-27-19-9-16-13(8-18(19)26-3)17(4-5-24-16)28-20-14(21)6-12(23-2)7-15(20)22/h4-9,11,23,25H,10H2,1-3H3. The van der Waals surface area contributed by atoms with Crippen LogP contribution in [0.2, 0.25) is 0 Å². The van der Waals surface area contributed by atoms with Crippen molar-refractivity contribution in [3.05, 3.63) is 48.2 Å². The maximum Gasteiger partial charge on any atom is 0.198 e. The second-order valence-corrected chi connectivity index (χ2v) is 6.11. The molecule has 2 aromatic carbocycles. The van der Waals surface area contributed by atoms with Crippen molar-refractivity contribution in [1.82, 2.24) is 4.98 Å². The molecule has 3 aromatic rings. The second-order valence-electron chi connectivity index (χ2n) is 6.11. The monoisotopic (exact) mass is 390 g/mol. The van der Waals surface area contributed by atoms with E-state index in [0.717, 1.165) is 12.1 Å². The Morgan fingerprint density at radius 3 is 2.43 bits per heavy atom. The van der Waals surface area contributed by atoms with Crippen LogP contribution >= 0.6 is 0 Å². The molecule has 0 aliphatic carbocycles. The number of rotatable bonds is 7. The summed E-state index contributed by atoms with van der Waals surface area (Å²) in [6.07, 6.45) is 0.801. The molecule has 0 saturated carbocycles. The van der Waals surface area contributed by atoms with Crippen molar-refractivity contribution < 1.29 is 28.1 Å². The maximum absolute atomic E-state index is 14.3. The highest BCUT2D eigenvalue weighted by Gasteiger charge is 2.17. The quantitative estimate of drug-likeness (QED) is 0.632. The van der Waals surface area contributed by atoms with Gasteiger partial charge in [-0.25, -0.2) is 8.78 Å².